The van der Waals surface area contributed by atoms with Gasteiger partial charge in [0.15, 0.2) is 0 Å². The van der Waals surface area contributed by atoms with Crippen molar-refractivity contribution in [2.75, 3.05) is 11.5 Å². The van der Waals surface area contributed by atoms with Gasteiger partial charge in [0.05, 0.1) is 10.8 Å². The number of hydrogen-bond acceptors (Lipinski definition) is 3. The van der Waals surface area contributed by atoms with E-state index in [4.69, 9.17) is 5.73 Å². The molecule has 1 aliphatic carbocycles. The van der Waals surface area contributed by atoms with Gasteiger partial charge in [0, 0.05) is 28.8 Å². The number of hydrogen-bond donors (Lipinski definition) is 2. The van der Waals surface area contributed by atoms with Crippen molar-refractivity contribution in [1.29, 1.82) is 0 Å². The molecule has 0 bridgehead atoms. The third kappa shape index (κ3) is 3.80. The summed E-state index contributed by atoms with van der Waals surface area (Å²) in [5.74, 6) is -0.433. The van der Waals surface area contributed by atoms with Crippen molar-refractivity contribution in [1.82, 2.24) is 5.32 Å². The number of nitrogen functional groups attached to an aromatic ring is 1. The topological polar surface area (TPSA) is 72.2 Å². The zero-order chi connectivity index (χ0) is 13.1. The van der Waals surface area contributed by atoms with Crippen molar-refractivity contribution >= 4 is 22.4 Å². The van der Waals surface area contributed by atoms with E-state index >= 15 is 0 Å². The molecule has 1 aromatic carbocycles. The quantitative estimate of drug-likeness (QED) is 0.789. The molecule has 0 aromatic heterocycles. The summed E-state index contributed by atoms with van der Waals surface area (Å²) in [5.41, 5.74) is 5.71. The van der Waals surface area contributed by atoms with Crippen molar-refractivity contribution in [2.24, 2.45) is 0 Å². The van der Waals surface area contributed by atoms with Crippen LogP contribution >= 0.6 is 0 Å². The first-order chi connectivity index (χ1) is 8.54. The van der Waals surface area contributed by atoms with Gasteiger partial charge in [-0.05, 0) is 31.0 Å². The Morgan fingerprint density at radius 1 is 1.44 bits per heavy atom. The van der Waals surface area contributed by atoms with Crippen LogP contribution in [0.3, 0.4) is 0 Å². The normalized spacial score (nSPS) is 16.3. The van der Waals surface area contributed by atoms with Crippen LogP contribution in [0.5, 0.6) is 0 Å². The maximum Gasteiger partial charge on any atom is 0.221 e. The third-order valence-electron chi connectivity index (χ3n) is 2.61. The predicted octanol–water partition coefficient (Wildman–Crippen LogP) is 1.18. The molecule has 1 aromatic rings. The van der Waals surface area contributed by atoms with Gasteiger partial charge < -0.3 is 11.1 Å². The van der Waals surface area contributed by atoms with E-state index in [1.165, 1.54) is 18.2 Å². The van der Waals surface area contributed by atoms with E-state index in [-0.39, 0.29) is 23.8 Å². The molecule has 0 spiro atoms. The Morgan fingerprint density at radius 3 is 2.78 bits per heavy atom. The van der Waals surface area contributed by atoms with Crippen LogP contribution in [-0.4, -0.2) is 21.9 Å². The summed E-state index contributed by atoms with van der Waals surface area (Å²) in [6.07, 6.45) is 2.23. The van der Waals surface area contributed by atoms with Gasteiger partial charge in [-0.25, -0.2) is 4.39 Å². The number of halogens is 1. The minimum atomic E-state index is -1.40. The minimum absolute atomic E-state index is 0.102. The number of rotatable bonds is 5. The van der Waals surface area contributed by atoms with Gasteiger partial charge in [0.1, 0.15) is 5.82 Å². The maximum atomic E-state index is 13.1. The fourth-order valence-electron chi connectivity index (χ4n) is 1.55. The number of nitrogens with two attached hydrogens (primary N) is 1. The molecule has 4 nitrogen and oxygen atoms in total. The highest BCUT2D eigenvalue weighted by atomic mass is 32.2. The Morgan fingerprint density at radius 2 is 2.17 bits per heavy atom. The summed E-state index contributed by atoms with van der Waals surface area (Å²) in [4.78, 5) is 11.7. The van der Waals surface area contributed by atoms with Gasteiger partial charge >= 0.3 is 0 Å². The average Bonchev–Trinajstić information content (AvgIpc) is 3.08. The van der Waals surface area contributed by atoms with E-state index in [9.17, 15) is 13.4 Å². The summed E-state index contributed by atoms with van der Waals surface area (Å²) in [5, 5.41) is 2.81. The fraction of sp³-hybridized carbons (Fsp3) is 0.417. The molecule has 0 heterocycles. The molecule has 1 unspecified atom stereocenters. The SMILES string of the molecule is Nc1cc(F)cc(S(=O)CCC(=O)NC2CC2)c1. The van der Waals surface area contributed by atoms with Gasteiger partial charge in [-0.3, -0.25) is 9.00 Å². The summed E-state index contributed by atoms with van der Waals surface area (Å²) in [7, 11) is -1.40. The molecule has 0 aliphatic heterocycles. The third-order valence-corrected chi connectivity index (χ3v) is 3.95. The van der Waals surface area contributed by atoms with Gasteiger partial charge in [0.25, 0.3) is 0 Å². The van der Waals surface area contributed by atoms with Crippen LogP contribution in [0.15, 0.2) is 23.1 Å². The first-order valence-electron chi connectivity index (χ1n) is 5.78. The first kappa shape index (κ1) is 13.0. The van der Waals surface area contributed by atoms with Crippen LogP contribution in [0.2, 0.25) is 0 Å². The summed E-state index contributed by atoms with van der Waals surface area (Å²) >= 11 is 0. The van der Waals surface area contributed by atoms with Crippen LogP contribution in [0.1, 0.15) is 19.3 Å². The molecule has 1 fully saturated rings. The Balaban J connectivity index is 1.88. The molecule has 18 heavy (non-hydrogen) atoms. The Hall–Kier alpha value is -1.43. The molecule has 2 rings (SSSR count). The maximum absolute atomic E-state index is 13.1. The fourth-order valence-corrected chi connectivity index (χ4v) is 2.66. The number of carbonyl (C=O) groups is 1. The monoisotopic (exact) mass is 270 g/mol. The number of amides is 1. The van der Waals surface area contributed by atoms with Crippen molar-refractivity contribution in [3.8, 4) is 0 Å². The van der Waals surface area contributed by atoms with Gasteiger partial charge in [-0.2, -0.15) is 0 Å². The molecule has 1 aliphatic rings. The van der Waals surface area contributed by atoms with Crippen LogP contribution in [0, 0.1) is 5.82 Å². The molecule has 0 radical (unpaired) electrons. The highest BCUT2D eigenvalue weighted by Crippen LogP contribution is 2.19. The van der Waals surface area contributed by atoms with Crippen LogP contribution in [-0.2, 0) is 15.6 Å². The van der Waals surface area contributed by atoms with Crippen molar-refractivity contribution in [3.05, 3.63) is 24.0 Å². The molecule has 0 saturated heterocycles. The van der Waals surface area contributed by atoms with E-state index in [2.05, 4.69) is 5.32 Å². The standard InChI is InChI=1S/C12H15FN2O2S/c13-8-5-9(14)7-11(6-8)18(17)4-3-12(16)15-10-1-2-10/h5-7,10H,1-4,14H2,(H,15,16). The summed E-state index contributed by atoms with van der Waals surface area (Å²) in [6, 6.07) is 4.12. The largest absolute Gasteiger partial charge is 0.399 e. The minimum Gasteiger partial charge on any atom is -0.399 e. The highest BCUT2D eigenvalue weighted by Gasteiger charge is 2.23. The van der Waals surface area contributed by atoms with Gasteiger partial charge in [0.2, 0.25) is 5.91 Å². The second-order valence-corrected chi connectivity index (χ2v) is 5.93. The second-order valence-electron chi connectivity index (χ2n) is 4.36. The zero-order valence-electron chi connectivity index (χ0n) is 9.82. The number of carbonyl (C=O) groups excluding carboxylic acids is 1. The van der Waals surface area contributed by atoms with E-state index in [1.807, 2.05) is 0 Å². The van der Waals surface area contributed by atoms with Crippen molar-refractivity contribution < 1.29 is 13.4 Å². The Kier molecular flexibility index (Phi) is 3.96. The molecule has 98 valence electrons. The van der Waals surface area contributed by atoms with Crippen molar-refractivity contribution in [3.63, 3.8) is 0 Å². The average molecular weight is 270 g/mol. The Bertz CT molecular complexity index is 469. The lowest BCUT2D eigenvalue weighted by Crippen LogP contribution is -2.26. The highest BCUT2D eigenvalue weighted by molar-refractivity contribution is 7.85. The molecular formula is C12H15FN2O2S. The molecule has 3 N–H and O–H groups in total. The molecular weight excluding hydrogens is 255 g/mol. The summed E-state index contributed by atoms with van der Waals surface area (Å²) < 4.78 is 24.9. The van der Waals surface area contributed by atoms with Gasteiger partial charge in [-0.15, -0.1) is 0 Å². The molecule has 1 amide bonds. The number of anilines is 1. The number of benzene rings is 1. The van der Waals surface area contributed by atoms with Crippen LogP contribution in [0.4, 0.5) is 10.1 Å². The predicted molar refractivity (Wildman–Crippen MR) is 67.9 cm³/mol. The lowest BCUT2D eigenvalue weighted by molar-refractivity contribution is -0.120. The van der Waals surface area contributed by atoms with E-state index in [0.29, 0.717) is 10.9 Å². The van der Waals surface area contributed by atoms with Crippen LogP contribution in [0.25, 0.3) is 0 Å². The smallest absolute Gasteiger partial charge is 0.221 e. The second kappa shape index (κ2) is 5.48. The van der Waals surface area contributed by atoms with E-state index < -0.39 is 16.6 Å². The number of nitrogens with one attached hydrogen (secondary N) is 1. The molecule has 1 saturated carbocycles. The van der Waals surface area contributed by atoms with Gasteiger partial charge in [-0.1, -0.05) is 0 Å². The zero-order valence-corrected chi connectivity index (χ0v) is 10.6. The van der Waals surface area contributed by atoms with Crippen molar-refractivity contribution in [2.45, 2.75) is 30.2 Å². The lowest BCUT2D eigenvalue weighted by atomic mass is 10.3. The summed E-state index contributed by atoms with van der Waals surface area (Å²) in [6.45, 7) is 0. The van der Waals surface area contributed by atoms with E-state index in [0.717, 1.165) is 12.8 Å². The Labute approximate surface area is 107 Å². The first-order valence-corrected chi connectivity index (χ1v) is 7.10. The van der Waals surface area contributed by atoms with Crippen LogP contribution < -0.4 is 11.1 Å². The molecule has 6 heteroatoms. The van der Waals surface area contributed by atoms with E-state index in [1.54, 1.807) is 0 Å². The lowest BCUT2D eigenvalue weighted by Gasteiger charge is -2.05. The molecule has 1 atom stereocenters.